The van der Waals surface area contributed by atoms with Gasteiger partial charge >= 0.3 is 0 Å². The molecule has 0 aliphatic carbocycles. The van der Waals surface area contributed by atoms with Crippen molar-refractivity contribution in [1.29, 1.82) is 0 Å². The summed E-state index contributed by atoms with van der Waals surface area (Å²) in [5.41, 5.74) is -0.421. The number of ether oxygens (including phenoxy) is 2. The molecule has 1 N–H and O–H groups in total. The summed E-state index contributed by atoms with van der Waals surface area (Å²) in [6.07, 6.45) is 0.983. The van der Waals surface area contributed by atoms with Crippen molar-refractivity contribution in [3.63, 3.8) is 0 Å². The molecule has 0 unspecified atom stereocenters. The summed E-state index contributed by atoms with van der Waals surface area (Å²) in [5.74, 6) is 0.156. The molecule has 2 heterocycles. The number of benzene rings is 2. The van der Waals surface area contributed by atoms with E-state index in [9.17, 15) is 14.0 Å². The first kappa shape index (κ1) is 17.7. The highest BCUT2D eigenvalue weighted by Gasteiger charge is 2.22. The molecule has 3 aromatic rings. The maximum Gasteiger partial charge on any atom is 0.275 e. The smallest absolute Gasteiger partial charge is 0.275 e. The van der Waals surface area contributed by atoms with Crippen LogP contribution in [0.25, 0.3) is 5.69 Å². The molecule has 0 fully saturated rings. The van der Waals surface area contributed by atoms with Crippen LogP contribution in [0.5, 0.6) is 11.5 Å². The Morgan fingerprint density at radius 1 is 1.18 bits per heavy atom. The number of amides is 1. The number of hydrogen-bond acceptors (Lipinski definition) is 5. The number of nitrogens with one attached hydrogen (secondary N) is 1. The van der Waals surface area contributed by atoms with E-state index in [1.807, 2.05) is 12.1 Å². The number of nitrogens with zero attached hydrogens (tertiary/aromatic N) is 2. The number of halogens is 1. The number of carbonyl (C=O) groups is 1. The average Bonchev–Trinajstić information content (AvgIpc) is 2.72. The van der Waals surface area contributed by atoms with E-state index in [0.717, 1.165) is 0 Å². The normalized spacial score (nSPS) is 15.1. The Kier molecular flexibility index (Phi) is 4.76. The number of carbonyl (C=O) groups excluding carboxylic acids is 1. The minimum atomic E-state index is -0.641. The van der Waals surface area contributed by atoms with Crippen LogP contribution in [-0.2, 0) is 0 Å². The first-order valence-corrected chi connectivity index (χ1v) is 8.63. The van der Waals surface area contributed by atoms with Crippen molar-refractivity contribution < 1.29 is 18.7 Å². The molecule has 0 saturated carbocycles. The number of fused-ring (bicyclic) bond motifs is 1. The molecule has 0 spiro atoms. The molecule has 0 saturated heterocycles. The Bertz CT molecular complexity index is 1080. The topological polar surface area (TPSA) is 82.4 Å². The second-order valence-electron chi connectivity index (χ2n) is 6.16. The standard InChI is InChI=1S/C20H16FN3O4/c21-13-4-3-5-14(10-13)24-9-8-16(25)19(23-24)20(26)22-11-15-12-27-17-6-1-2-7-18(17)28-15/h1-10,15H,11-12H2,(H,22,26)/t15-/m1/s1. The number of rotatable bonds is 4. The van der Waals surface area contributed by atoms with Gasteiger partial charge in [-0.15, -0.1) is 0 Å². The van der Waals surface area contributed by atoms with Crippen molar-refractivity contribution in [3.05, 3.63) is 82.5 Å². The first-order chi connectivity index (χ1) is 13.6. The van der Waals surface area contributed by atoms with Crippen LogP contribution in [0.3, 0.4) is 0 Å². The second kappa shape index (κ2) is 7.51. The van der Waals surface area contributed by atoms with Gasteiger partial charge in [0.1, 0.15) is 18.5 Å². The van der Waals surface area contributed by atoms with Crippen LogP contribution in [0.1, 0.15) is 10.5 Å². The molecule has 0 radical (unpaired) electrons. The van der Waals surface area contributed by atoms with Crippen molar-refractivity contribution in [2.75, 3.05) is 13.2 Å². The fourth-order valence-corrected chi connectivity index (χ4v) is 2.78. The quantitative estimate of drug-likeness (QED) is 0.747. The zero-order valence-electron chi connectivity index (χ0n) is 14.7. The van der Waals surface area contributed by atoms with Crippen molar-refractivity contribution in [1.82, 2.24) is 15.1 Å². The van der Waals surface area contributed by atoms with E-state index in [1.54, 1.807) is 18.2 Å². The van der Waals surface area contributed by atoms with Crippen molar-refractivity contribution in [2.24, 2.45) is 0 Å². The van der Waals surface area contributed by atoms with E-state index in [0.29, 0.717) is 17.2 Å². The van der Waals surface area contributed by atoms with Gasteiger partial charge in [0, 0.05) is 12.3 Å². The summed E-state index contributed by atoms with van der Waals surface area (Å²) in [7, 11) is 0. The van der Waals surface area contributed by atoms with Crippen LogP contribution in [-0.4, -0.2) is 34.9 Å². The number of hydrogen-bond donors (Lipinski definition) is 1. The van der Waals surface area contributed by atoms with Crippen LogP contribution >= 0.6 is 0 Å². The third-order valence-electron chi connectivity index (χ3n) is 4.15. The molecule has 28 heavy (non-hydrogen) atoms. The van der Waals surface area contributed by atoms with E-state index in [1.165, 1.54) is 35.1 Å². The molecule has 1 aliphatic heterocycles. The molecule has 2 aromatic carbocycles. The molecule has 0 bridgehead atoms. The SMILES string of the molecule is O=C(NC[C@@H]1COc2ccccc2O1)c1nn(-c2cccc(F)c2)ccc1=O. The highest BCUT2D eigenvalue weighted by molar-refractivity contribution is 5.92. The Hall–Kier alpha value is -3.68. The molecular weight excluding hydrogens is 365 g/mol. The third kappa shape index (κ3) is 3.71. The van der Waals surface area contributed by atoms with Crippen molar-refractivity contribution >= 4 is 5.91 Å². The Morgan fingerprint density at radius 2 is 2.00 bits per heavy atom. The monoisotopic (exact) mass is 381 g/mol. The molecule has 8 heteroatoms. The summed E-state index contributed by atoms with van der Waals surface area (Å²) in [6.45, 7) is 0.413. The van der Waals surface area contributed by atoms with E-state index >= 15 is 0 Å². The van der Waals surface area contributed by atoms with E-state index in [4.69, 9.17) is 9.47 Å². The Balaban J connectivity index is 1.46. The van der Waals surface area contributed by atoms with Crippen LogP contribution < -0.4 is 20.2 Å². The van der Waals surface area contributed by atoms with Gasteiger partial charge in [-0.3, -0.25) is 9.59 Å². The summed E-state index contributed by atoms with van der Waals surface area (Å²) in [5, 5.41) is 6.67. The van der Waals surface area contributed by atoms with Gasteiger partial charge < -0.3 is 14.8 Å². The molecule has 1 aromatic heterocycles. The lowest BCUT2D eigenvalue weighted by Gasteiger charge is -2.26. The summed E-state index contributed by atoms with van der Waals surface area (Å²) < 4.78 is 26.1. The molecule has 1 amide bonds. The highest BCUT2D eigenvalue weighted by atomic mass is 19.1. The number of aromatic nitrogens is 2. The fourth-order valence-electron chi connectivity index (χ4n) is 2.78. The molecular formula is C20H16FN3O4. The fraction of sp³-hybridized carbons (Fsp3) is 0.150. The van der Waals surface area contributed by atoms with E-state index in [-0.39, 0.29) is 18.8 Å². The first-order valence-electron chi connectivity index (χ1n) is 8.63. The van der Waals surface area contributed by atoms with Crippen LogP contribution in [0.15, 0.2) is 65.6 Å². The summed E-state index contributed by atoms with van der Waals surface area (Å²) in [4.78, 5) is 24.5. The molecule has 4 rings (SSSR count). The van der Waals surface area contributed by atoms with Gasteiger partial charge in [0.25, 0.3) is 5.91 Å². The lowest BCUT2D eigenvalue weighted by Crippen LogP contribution is -2.42. The van der Waals surface area contributed by atoms with Gasteiger partial charge in [-0.1, -0.05) is 18.2 Å². The summed E-state index contributed by atoms with van der Waals surface area (Å²) in [6, 6.07) is 14.1. The Morgan fingerprint density at radius 3 is 2.82 bits per heavy atom. The van der Waals surface area contributed by atoms with Crippen molar-refractivity contribution in [2.45, 2.75) is 6.10 Å². The van der Waals surface area contributed by atoms with Gasteiger partial charge in [-0.25, -0.2) is 9.07 Å². The molecule has 1 atom stereocenters. The van der Waals surface area contributed by atoms with Crippen LogP contribution in [0.4, 0.5) is 4.39 Å². The number of para-hydroxylation sites is 2. The zero-order chi connectivity index (χ0) is 19.5. The predicted octanol–water partition coefficient (Wildman–Crippen LogP) is 1.94. The van der Waals surface area contributed by atoms with Crippen LogP contribution in [0.2, 0.25) is 0 Å². The molecule has 7 nitrogen and oxygen atoms in total. The lowest BCUT2D eigenvalue weighted by atomic mass is 10.2. The van der Waals surface area contributed by atoms with Crippen LogP contribution in [0, 0.1) is 5.82 Å². The maximum absolute atomic E-state index is 13.4. The largest absolute Gasteiger partial charge is 0.486 e. The van der Waals surface area contributed by atoms with E-state index in [2.05, 4.69) is 10.4 Å². The minimum Gasteiger partial charge on any atom is -0.486 e. The van der Waals surface area contributed by atoms with Gasteiger partial charge in [-0.05, 0) is 30.3 Å². The summed E-state index contributed by atoms with van der Waals surface area (Å²) >= 11 is 0. The second-order valence-corrected chi connectivity index (χ2v) is 6.16. The third-order valence-corrected chi connectivity index (χ3v) is 4.15. The Labute approximate surface area is 159 Å². The van der Waals surface area contributed by atoms with Gasteiger partial charge in [0.2, 0.25) is 5.43 Å². The maximum atomic E-state index is 13.4. The van der Waals surface area contributed by atoms with Gasteiger partial charge in [0.15, 0.2) is 17.2 Å². The van der Waals surface area contributed by atoms with E-state index < -0.39 is 23.3 Å². The van der Waals surface area contributed by atoms with Crippen molar-refractivity contribution in [3.8, 4) is 17.2 Å². The predicted molar refractivity (Wildman–Crippen MR) is 98.5 cm³/mol. The van der Waals surface area contributed by atoms with Gasteiger partial charge in [0.05, 0.1) is 12.2 Å². The lowest BCUT2D eigenvalue weighted by molar-refractivity contribution is 0.0784. The zero-order valence-corrected chi connectivity index (χ0v) is 14.7. The van der Waals surface area contributed by atoms with Gasteiger partial charge in [-0.2, -0.15) is 5.10 Å². The molecule has 1 aliphatic rings. The minimum absolute atomic E-state index is 0.142. The average molecular weight is 381 g/mol. The highest BCUT2D eigenvalue weighted by Crippen LogP contribution is 2.30. The molecule has 142 valence electrons.